The highest BCUT2D eigenvalue weighted by Crippen LogP contribution is 2.31. The monoisotopic (exact) mass is 225 g/mol. The van der Waals surface area contributed by atoms with E-state index in [1.165, 1.54) is 6.08 Å². The van der Waals surface area contributed by atoms with Crippen molar-refractivity contribution in [3.05, 3.63) is 12.2 Å². The third-order valence-corrected chi connectivity index (χ3v) is 3.01. The normalized spacial score (nSPS) is 19.6. The summed E-state index contributed by atoms with van der Waals surface area (Å²) in [5.41, 5.74) is -0.527. The smallest absolute Gasteiger partial charge is 0.305 e. The van der Waals surface area contributed by atoms with Gasteiger partial charge in [-0.05, 0) is 25.8 Å². The maximum atomic E-state index is 11.5. The zero-order valence-corrected chi connectivity index (χ0v) is 9.66. The summed E-state index contributed by atoms with van der Waals surface area (Å²) >= 11 is 0. The van der Waals surface area contributed by atoms with Crippen LogP contribution in [0.15, 0.2) is 12.2 Å². The molecule has 1 fully saturated rings. The Morgan fingerprint density at radius 3 is 2.44 bits per heavy atom. The summed E-state index contributed by atoms with van der Waals surface area (Å²) in [7, 11) is 0. The second kappa shape index (κ2) is 5.68. The van der Waals surface area contributed by atoms with Crippen LogP contribution < -0.4 is 5.32 Å². The third kappa shape index (κ3) is 3.68. The molecule has 16 heavy (non-hydrogen) atoms. The standard InChI is InChI=1S/C12H19NO3/c1-2-6-10(14)13-12(9-11(15)16)7-4-3-5-8-12/h2,6H,3-5,7-9H2,1H3,(H,13,14)(H,15,16). The van der Waals surface area contributed by atoms with Crippen molar-refractivity contribution in [2.45, 2.75) is 51.0 Å². The van der Waals surface area contributed by atoms with Gasteiger partial charge in [-0.3, -0.25) is 9.59 Å². The summed E-state index contributed by atoms with van der Waals surface area (Å²) in [6.07, 6.45) is 7.76. The lowest BCUT2D eigenvalue weighted by atomic mass is 9.79. The second-order valence-electron chi connectivity index (χ2n) is 4.40. The number of hydrogen-bond acceptors (Lipinski definition) is 2. The molecule has 0 atom stereocenters. The van der Waals surface area contributed by atoms with E-state index >= 15 is 0 Å². The molecule has 0 aromatic heterocycles. The molecule has 0 aromatic carbocycles. The van der Waals surface area contributed by atoms with E-state index in [-0.39, 0.29) is 12.3 Å². The quantitative estimate of drug-likeness (QED) is 0.718. The molecule has 1 rings (SSSR count). The van der Waals surface area contributed by atoms with Gasteiger partial charge in [-0.1, -0.05) is 25.3 Å². The number of hydrogen-bond donors (Lipinski definition) is 2. The van der Waals surface area contributed by atoms with E-state index in [1.807, 2.05) is 0 Å². The molecule has 4 nitrogen and oxygen atoms in total. The number of carboxylic acid groups (broad SMARTS) is 1. The number of amides is 1. The third-order valence-electron chi connectivity index (χ3n) is 3.01. The summed E-state index contributed by atoms with van der Waals surface area (Å²) in [6.45, 7) is 1.77. The Hall–Kier alpha value is -1.32. The Morgan fingerprint density at radius 2 is 1.94 bits per heavy atom. The van der Waals surface area contributed by atoms with Gasteiger partial charge in [0.2, 0.25) is 5.91 Å². The van der Waals surface area contributed by atoms with E-state index in [1.54, 1.807) is 13.0 Å². The number of aliphatic carboxylic acids is 1. The zero-order valence-electron chi connectivity index (χ0n) is 9.66. The summed E-state index contributed by atoms with van der Waals surface area (Å²) in [5, 5.41) is 11.8. The van der Waals surface area contributed by atoms with Gasteiger partial charge in [-0.2, -0.15) is 0 Å². The topological polar surface area (TPSA) is 66.4 Å². The largest absolute Gasteiger partial charge is 0.481 e. The number of nitrogens with one attached hydrogen (secondary N) is 1. The van der Waals surface area contributed by atoms with Crippen LogP contribution in [0.2, 0.25) is 0 Å². The number of carbonyl (C=O) groups is 2. The Morgan fingerprint density at radius 1 is 1.31 bits per heavy atom. The van der Waals surface area contributed by atoms with Crippen molar-refractivity contribution < 1.29 is 14.7 Å². The zero-order chi connectivity index (χ0) is 12.0. The fourth-order valence-electron chi connectivity index (χ4n) is 2.32. The summed E-state index contributed by atoms with van der Waals surface area (Å²) in [4.78, 5) is 22.3. The molecular weight excluding hydrogens is 206 g/mol. The molecule has 1 amide bonds. The molecule has 0 aromatic rings. The Labute approximate surface area is 95.7 Å². The molecule has 0 spiro atoms. The van der Waals surface area contributed by atoms with Crippen LogP contribution in [0.4, 0.5) is 0 Å². The minimum atomic E-state index is -0.845. The number of rotatable bonds is 4. The molecule has 0 unspecified atom stereocenters. The molecule has 0 aliphatic heterocycles. The minimum absolute atomic E-state index is 0.0241. The second-order valence-corrected chi connectivity index (χ2v) is 4.40. The molecule has 2 N–H and O–H groups in total. The van der Waals surface area contributed by atoms with Crippen molar-refractivity contribution in [2.75, 3.05) is 0 Å². The van der Waals surface area contributed by atoms with Crippen molar-refractivity contribution in [2.24, 2.45) is 0 Å². The van der Waals surface area contributed by atoms with E-state index in [0.29, 0.717) is 0 Å². The van der Waals surface area contributed by atoms with Crippen LogP contribution >= 0.6 is 0 Å². The Kier molecular flexibility index (Phi) is 4.52. The fourth-order valence-corrected chi connectivity index (χ4v) is 2.32. The number of carbonyl (C=O) groups excluding carboxylic acids is 1. The lowest BCUT2D eigenvalue weighted by Gasteiger charge is -2.36. The molecule has 0 bridgehead atoms. The van der Waals surface area contributed by atoms with Gasteiger partial charge in [0.05, 0.1) is 12.0 Å². The van der Waals surface area contributed by atoms with Gasteiger partial charge in [-0.15, -0.1) is 0 Å². The first kappa shape index (κ1) is 12.7. The van der Waals surface area contributed by atoms with Gasteiger partial charge in [-0.25, -0.2) is 0 Å². The molecule has 1 saturated carbocycles. The van der Waals surface area contributed by atoms with Gasteiger partial charge in [0.1, 0.15) is 0 Å². The highest BCUT2D eigenvalue weighted by molar-refractivity contribution is 5.88. The van der Waals surface area contributed by atoms with Crippen LogP contribution in [0.3, 0.4) is 0 Å². The maximum absolute atomic E-state index is 11.5. The Balaban J connectivity index is 2.69. The van der Waals surface area contributed by atoms with Crippen molar-refractivity contribution in [1.29, 1.82) is 0 Å². The summed E-state index contributed by atoms with van der Waals surface area (Å²) in [6, 6.07) is 0. The highest BCUT2D eigenvalue weighted by Gasteiger charge is 2.35. The molecule has 1 aliphatic carbocycles. The highest BCUT2D eigenvalue weighted by atomic mass is 16.4. The number of allylic oxidation sites excluding steroid dienone is 1. The summed E-state index contributed by atoms with van der Waals surface area (Å²) < 4.78 is 0. The first-order valence-corrected chi connectivity index (χ1v) is 5.75. The van der Waals surface area contributed by atoms with Gasteiger partial charge >= 0.3 is 5.97 Å². The van der Waals surface area contributed by atoms with Crippen LogP contribution in [-0.2, 0) is 9.59 Å². The lowest BCUT2D eigenvalue weighted by Crippen LogP contribution is -2.50. The van der Waals surface area contributed by atoms with Gasteiger partial charge in [0, 0.05) is 0 Å². The maximum Gasteiger partial charge on any atom is 0.305 e. The van der Waals surface area contributed by atoms with Gasteiger partial charge in [0.15, 0.2) is 0 Å². The van der Waals surface area contributed by atoms with Gasteiger partial charge < -0.3 is 10.4 Å². The molecule has 0 heterocycles. The molecule has 4 heteroatoms. The van der Waals surface area contributed by atoms with E-state index in [9.17, 15) is 9.59 Å². The first-order valence-electron chi connectivity index (χ1n) is 5.75. The van der Waals surface area contributed by atoms with Crippen molar-refractivity contribution >= 4 is 11.9 Å². The average molecular weight is 225 g/mol. The molecule has 1 aliphatic rings. The van der Waals surface area contributed by atoms with Crippen LogP contribution in [0.25, 0.3) is 0 Å². The summed E-state index contributed by atoms with van der Waals surface area (Å²) in [5.74, 6) is -1.03. The fraction of sp³-hybridized carbons (Fsp3) is 0.667. The van der Waals surface area contributed by atoms with E-state index in [0.717, 1.165) is 32.1 Å². The molecular formula is C12H19NO3. The van der Waals surface area contributed by atoms with Gasteiger partial charge in [0.25, 0.3) is 0 Å². The lowest BCUT2D eigenvalue weighted by molar-refractivity contribution is -0.139. The van der Waals surface area contributed by atoms with Crippen LogP contribution in [0, 0.1) is 0 Å². The van der Waals surface area contributed by atoms with Crippen molar-refractivity contribution in [3.8, 4) is 0 Å². The van der Waals surface area contributed by atoms with Crippen LogP contribution in [-0.4, -0.2) is 22.5 Å². The Bertz CT molecular complexity index is 291. The predicted octanol–water partition coefficient (Wildman–Crippen LogP) is 1.86. The molecule has 90 valence electrons. The number of carboxylic acids is 1. The SMILES string of the molecule is CC=CC(=O)NC1(CC(=O)O)CCCCC1. The van der Waals surface area contributed by atoms with E-state index in [4.69, 9.17) is 5.11 Å². The van der Waals surface area contributed by atoms with Crippen molar-refractivity contribution in [3.63, 3.8) is 0 Å². The van der Waals surface area contributed by atoms with Crippen LogP contribution in [0.1, 0.15) is 45.4 Å². The minimum Gasteiger partial charge on any atom is -0.481 e. The first-order chi connectivity index (χ1) is 7.58. The predicted molar refractivity (Wildman–Crippen MR) is 61.0 cm³/mol. The van der Waals surface area contributed by atoms with Crippen molar-refractivity contribution in [1.82, 2.24) is 5.32 Å². The van der Waals surface area contributed by atoms with E-state index < -0.39 is 11.5 Å². The van der Waals surface area contributed by atoms with Crippen LogP contribution in [0.5, 0.6) is 0 Å². The molecule has 0 saturated heterocycles. The van der Waals surface area contributed by atoms with E-state index in [2.05, 4.69) is 5.32 Å². The average Bonchev–Trinajstić information content (AvgIpc) is 2.17. The molecule has 0 radical (unpaired) electrons.